The van der Waals surface area contributed by atoms with Crippen LogP contribution >= 0.6 is 0 Å². The first-order chi connectivity index (χ1) is 10.9. The Morgan fingerprint density at radius 2 is 1.87 bits per heavy atom. The van der Waals surface area contributed by atoms with Crippen LogP contribution in [0.2, 0.25) is 0 Å². The van der Waals surface area contributed by atoms with Crippen LogP contribution in [0.25, 0.3) is 0 Å². The van der Waals surface area contributed by atoms with E-state index in [1.54, 1.807) is 24.3 Å². The Balaban J connectivity index is 1.97. The molecule has 6 nitrogen and oxygen atoms in total. The summed E-state index contributed by atoms with van der Waals surface area (Å²) in [6, 6.07) is 6.13. The van der Waals surface area contributed by atoms with Gasteiger partial charge >= 0.3 is 0 Å². The smallest absolute Gasteiger partial charge is 0.263 e. The van der Waals surface area contributed by atoms with Gasteiger partial charge in [-0.05, 0) is 30.9 Å². The monoisotopic (exact) mass is 335 g/mol. The molecular weight excluding hydrogens is 314 g/mol. The second kappa shape index (κ2) is 5.96. The predicted octanol–water partition coefficient (Wildman–Crippen LogP) is 1.37. The van der Waals surface area contributed by atoms with Crippen molar-refractivity contribution in [3.63, 3.8) is 0 Å². The highest BCUT2D eigenvalue weighted by Crippen LogP contribution is 2.24. The van der Waals surface area contributed by atoms with Crippen molar-refractivity contribution in [3.8, 4) is 0 Å². The van der Waals surface area contributed by atoms with Crippen molar-refractivity contribution >= 4 is 21.8 Å². The molecule has 3 rings (SSSR count). The van der Waals surface area contributed by atoms with E-state index in [2.05, 4.69) is 9.71 Å². The van der Waals surface area contributed by atoms with Crippen molar-refractivity contribution in [2.24, 2.45) is 10.9 Å². The Hall–Kier alpha value is -1.89. The number of hydrogen-bond acceptors (Lipinski definition) is 4. The zero-order valence-electron chi connectivity index (χ0n) is 13.3. The third-order valence-electron chi connectivity index (χ3n) is 4.23. The van der Waals surface area contributed by atoms with Crippen molar-refractivity contribution in [1.82, 2.24) is 9.62 Å². The molecule has 1 aromatic rings. The standard InChI is InChI=1S/C16H21N3O3S/c1-11(2)14(16(20)19-9-5-6-10-19)17-15-12-7-3-4-8-13(12)23(21,22)18-15/h3-4,7-8,11,14H,5-6,9-10H2,1-2H3,(H,17,18). The molecule has 0 aromatic heterocycles. The van der Waals surface area contributed by atoms with E-state index in [-0.39, 0.29) is 22.6 Å². The average molecular weight is 335 g/mol. The van der Waals surface area contributed by atoms with Gasteiger partial charge in [0.15, 0.2) is 0 Å². The van der Waals surface area contributed by atoms with E-state index < -0.39 is 16.1 Å². The van der Waals surface area contributed by atoms with Crippen LogP contribution in [0.5, 0.6) is 0 Å². The number of nitrogens with zero attached hydrogens (tertiary/aromatic N) is 2. The summed E-state index contributed by atoms with van der Waals surface area (Å²) in [4.78, 5) is 19.2. The van der Waals surface area contributed by atoms with Crippen molar-refractivity contribution in [2.45, 2.75) is 37.6 Å². The number of benzene rings is 1. The molecule has 7 heteroatoms. The fourth-order valence-electron chi connectivity index (χ4n) is 2.98. The van der Waals surface area contributed by atoms with Crippen LogP contribution < -0.4 is 4.72 Å². The number of carbonyl (C=O) groups is 1. The summed E-state index contributed by atoms with van der Waals surface area (Å²) in [5.41, 5.74) is 0.535. The van der Waals surface area contributed by atoms with Gasteiger partial charge in [0.1, 0.15) is 11.9 Å². The van der Waals surface area contributed by atoms with Crippen LogP contribution in [0, 0.1) is 5.92 Å². The average Bonchev–Trinajstić information content (AvgIpc) is 3.12. The van der Waals surface area contributed by atoms with E-state index in [1.165, 1.54) is 0 Å². The Kier molecular flexibility index (Phi) is 4.14. The molecule has 2 aliphatic rings. The molecule has 1 unspecified atom stereocenters. The minimum atomic E-state index is -3.58. The van der Waals surface area contributed by atoms with Crippen molar-refractivity contribution in [3.05, 3.63) is 29.8 Å². The van der Waals surface area contributed by atoms with E-state index in [0.717, 1.165) is 25.9 Å². The molecule has 0 saturated carbocycles. The number of sulfonamides is 1. The second-order valence-corrected chi connectivity index (χ2v) is 7.95. The van der Waals surface area contributed by atoms with E-state index in [0.29, 0.717) is 5.56 Å². The van der Waals surface area contributed by atoms with Crippen molar-refractivity contribution in [1.29, 1.82) is 0 Å². The second-order valence-electron chi connectivity index (χ2n) is 6.30. The summed E-state index contributed by atoms with van der Waals surface area (Å²) in [5, 5.41) is 0. The first kappa shape index (κ1) is 16.0. The van der Waals surface area contributed by atoms with Crippen molar-refractivity contribution < 1.29 is 13.2 Å². The fraction of sp³-hybridized carbons (Fsp3) is 0.500. The lowest BCUT2D eigenvalue weighted by Crippen LogP contribution is -2.40. The molecule has 0 aliphatic carbocycles. The molecule has 1 saturated heterocycles. The van der Waals surface area contributed by atoms with Crippen LogP contribution in [0.1, 0.15) is 32.3 Å². The molecule has 1 aromatic carbocycles. The number of amidine groups is 1. The van der Waals surface area contributed by atoms with Gasteiger partial charge in [-0.2, -0.15) is 0 Å². The third kappa shape index (κ3) is 2.97. The van der Waals surface area contributed by atoms with Crippen molar-refractivity contribution in [2.75, 3.05) is 13.1 Å². The SMILES string of the molecule is CC(C)C(N=C1NS(=O)(=O)c2ccccc21)C(=O)N1CCCC1. The van der Waals surface area contributed by atoms with Gasteiger partial charge in [0.2, 0.25) is 5.91 Å². The topological polar surface area (TPSA) is 78.8 Å². The molecule has 2 aliphatic heterocycles. The zero-order valence-corrected chi connectivity index (χ0v) is 14.1. The number of carbonyl (C=O) groups excluding carboxylic acids is 1. The molecule has 23 heavy (non-hydrogen) atoms. The molecule has 2 heterocycles. The lowest BCUT2D eigenvalue weighted by molar-refractivity contribution is -0.132. The lowest BCUT2D eigenvalue weighted by atomic mass is 10.0. The lowest BCUT2D eigenvalue weighted by Gasteiger charge is -2.23. The number of aliphatic imine (C=N–C) groups is 1. The summed E-state index contributed by atoms with van der Waals surface area (Å²) in [6.45, 7) is 5.38. The largest absolute Gasteiger partial charge is 0.341 e. The van der Waals surface area contributed by atoms with Gasteiger partial charge in [0.05, 0.1) is 4.90 Å². The Morgan fingerprint density at radius 1 is 1.22 bits per heavy atom. The maximum atomic E-state index is 12.7. The van der Waals surface area contributed by atoms with Gasteiger partial charge < -0.3 is 4.90 Å². The molecule has 1 N–H and O–H groups in total. The predicted molar refractivity (Wildman–Crippen MR) is 87.7 cm³/mol. The van der Waals surface area contributed by atoms with Gasteiger partial charge in [-0.3, -0.25) is 14.5 Å². The molecule has 1 fully saturated rings. The number of hydrogen-bond donors (Lipinski definition) is 1. The van der Waals surface area contributed by atoms with E-state index in [9.17, 15) is 13.2 Å². The summed E-state index contributed by atoms with van der Waals surface area (Å²) >= 11 is 0. The van der Waals surface area contributed by atoms with Crippen LogP contribution in [0.15, 0.2) is 34.2 Å². The molecule has 1 amide bonds. The highest BCUT2D eigenvalue weighted by molar-refractivity contribution is 7.90. The Morgan fingerprint density at radius 3 is 2.52 bits per heavy atom. The van der Waals surface area contributed by atoms with E-state index in [4.69, 9.17) is 0 Å². The maximum absolute atomic E-state index is 12.7. The quantitative estimate of drug-likeness (QED) is 0.906. The molecule has 0 spiro atoms. The summed E-state index contributed by atoms with van der Waals surface area (Å²) in [5.74, 6) is 0.244. The molecule has 1 atom stereocenters. The molecule has 124 valence electrons. The number of amides is 1. The zero-order chi connectivity index (χ0) is 16.6. The highest BCUT2D eigenvalue weighted by Gasteiger charge is 2.34. The maximum Gasteiger partial charge on any atom is 0.263 e. The first-order valence-electron chi connectivity index (χ1n) is 7.89. The molecular formula is C16H21N3O3S. The Bertz CT molecular complexity index is 750. The fourth-order valence-corrected chi connectivity index (χ4v) is 4.22. The Labute approximate surface area is 136 Å². The number of nitrogens with one attached hydrogen (secondary N) is 1. The van der Waals surface area contributed by atoms with Gasteiger partial charge in [0.25, 0.3) is 10.0 Å². The molecule has 0 bridgehead atoms. The molecule has 0 radical (unpaired) electrons. The van der Waals surface area contributed by atoms with Crippen LogP contribution in [0.3, 0.4) is 0 Å². The summed E-state index contributed by atoms with van der Waals surface area (Å²) < 4.78 is 26.8. The van der Waals surface area contributed by atoms with Gasteiger partial charge in [0, 0.05) is 18.7 Å². The first-order valence-corrected chi connectivity index (χ1v) is 9.37. The van der Waals surface area contributed by atoms with Crippen LogP contribution in [-0.4, -0.2) is 44.2 Å². The minimum absolute atomic E-state index is 0.00661. The number of likely N-dealkylation sites (tertiary alicyclic amines) is 1. The highest BCUT2D eigenvalue weighted by atomic mass is 32.2. The van der Waals surface area contributed by atoms with E-state index in [1.807, 2.05) is 18.7 Å². The normalized spacial score (nSPS) is 22.2. The van der Waals surface area contributed by atoms with E-state index >= 15 is 0 Å². The number of fused-ring (bicyclic) bond motifs is 1. The van der Waals surface area contributed by atoms with Gasteiger partial charge in [-0.15, -0.1) is 0 Å². The minimum Gasteiger partial charge on any atom is -0.341 e. The summed E-state index contributed by atoms with van der Waals surface area (Å²) in [6.07, 6.45) is 2.03. The summed E-state index contributed by atoms with van der Waals surface area (Å²) in [7, 11) is -3.58. The van der Waals surface area contributed by atoms with Gasteiger partial charge in [-0.25, -0.2) is 8.42 Å². The van der Waals surface area contributed by atoms with Gasteiger partial charge in [-0.1, -0.05) is 26.0 Å². The number of rotatable bonds is 3. The van der Waals surface area contributed by atoms with Crippen LogP contribution in [0.4, 0.5) is 0 Å². The van der Waals surface area contributed by atoms with Crippen LogP contribution in [-0.2, 0) is 14.8 Å². The third-order valence-corrected chi connectivity index (χ3v) is 5.63.